The number of methoxy groups -OCH3 is 1. The zero-order valence-corrected chi connectivity index (χ0v) is 11.8. The Hall–Kier alpha value is -0.950. The van der Waals surface area contributed by atoms with Gasteiger partial charge < -0.3 is 4.74 Å². The number of halogens is 4. The van der Waals surface area contributed by atoms with Crippen LogP contribution in [-0.4, -0.2) is 18.6 Å². The fraction of sp³-hybridized carbons (Fsp3) is 0.200. The molecule has 0 aliphatic rings. The third-order valence-corrected chi connectivity index (χ3v) is 3.60. The molecular formula is C10H5F3INO2S. The van der Waals surface area contributed by atoms with Gasteiger partial charge in [0.05, 0.1) is 18.2 Å². The van der Waals surface area contributed by atoms with Crippen molar-refractivity contribution in [2.24, 2.45) is 0 Å². The number of benzene rings is 1. The molecule has 96 valence electrons. The number of alkyl halides is 3. The van der Waals surface area contributed by atoms with E-state index < -0.39 is 28.1 Å². The Kier molecular flexibility index (Phi) is 4.86. The van der Waals surface area contributed by atoms with Crippen molar-refractivity contribution in [2.45, 2.75) is 10.4 Å². The van der Waals surface area contributed by atoms with Gasteiger partial charge in [-0.1, -0.05) is 0 Å². The van der Waals surface area contributed by atoms with Crippen LogP contribution in [0, 0.1) is 14.9 Å². The Morgan fingerprint density at radius 2 is 2.11 bits per heavy atom. The molecule has 0 bridgehead atoms. The molecule has 0 aromatic heterocycles. The van der Waals surface area contributed by atoms with Crippen molar-refractivity contribution in [1.82, 2.24) is 0 Å². The van der Waals surface area contributed by atoms with Crippen LogP contribution < -0.4 is 0 Å². The molecule has 18 heavy (non-hydrogen) atoms. The molecule has 0 aliphatic carbocycles. The van der Waals surface area contributed by atoms with Gasteiger partial charge in [0.1, 0.15) is 6.07 Å². The fourth-order valence-electron chi connectivity index (χ4n) is 1.16. The topological polar surface area (TPSA) is 50.1 Å². The molecule has 0 aliphatic heterocycles. The lowest BCUT2D eigenvalue weighted by molar-refractivity contribution is -0.0328. The highest BCUT2D eigenvalue weighted by Crippen LogP contribution is 2.41. The quantitative estimate of drug-likeness (QED) is 0.443. The third-order valence-electron chi connectivity index (χ3n) is 1.84. The summed E-state index contributed by atoms with van der Waals surface area (Å²) in [6.07, 6.45) is 0. The molecule has 0 atom stereocenters. The number of hydrogen-bond donors (Lipinski definition) is 0. The predicted molar refractivity (Wildman–Crippen MR) is 67.1 cm³/mol. The summed E-state index contributed by atoms with van der Waals surface area (Å²) in [5, 5.41) is 8.89. The van der Waals surface area contributed by atoms with Crippen molar-refractivity contribution in [1.29, 1.82) is 5.26 Å². The van der Waals surface area contributed by atoms with E-state index >= 15 is 0 Å². The van der Waals surface area contributed by atoms with E-state index in [0.717, 1.165) is 7.11 Å². The van der Waals surface area contributed by atoms with Gasteiger partial charge >= 0.3 is 11.5 Å². The standard InChI is InChI=1S/C10H5F3INO2S/c1-17-9(16)5-2-3-7(14)6(4-15)8(5)18-10(11,12)13/h2-3H,1H3. The first-order chi connectivity index (χ1) is 8.30. The van der Waals surface area contributed by atoms with Gasteiger partial charge in [-0.25, -0.2) is 4.79 Å². The molecule has 1 aromatic carbocycles. The number of thioether (sulfide) groups is 1. The second-order valence-electron chi connectivity index (χ2n) is 2.95. The molecule has 0 N–H and O–H groups in total. The van der Waals surface area contributed by atoms with Gasteiger partial charge in [0.15, 0.2) is 0 Å². The van der Waals surface area contributed by atoms with Crippen LogP contribution in [0.2, 0.25) is 0 Å². The van der Waals surface area contributed by atoms with E-state index in [1.807, 2.05) is 0 Å². The summed E-state index contributed by atoms with van der Waals surface area (Å²) >= 11 is 1.24. The second-order valence-corrected chi connectivity index (χ2v) is 5.19. The first-order valence-corrected chi connectivity index (χ1v) is 6.26. The second kappa shape index (κ2) is 5.79. The highest BCUT2D eigenvalue weighted by atomic mass is 127. The van der Waals surface area contributed by atoms with Crippen LogP contribution in [0.5, 0.6) is 0 Å². The number of nitriles is 1. The number of carbonyl (C=O) groups is 1. The molecule has 0 saturated heterocycles. The van der Waals surface area contributed by atoms with Gasteiger partial charge in [0.25, 0.3) is 0 Å². The molecule has 8 heteroatoms. The van der Waals surface area contributed by atoms with E-state index in [4.69, 9.17) is 5.26 Å². The minimum absolute atomic E-state index is 0.180. The maximum atomic E-state index is 12.4. The number of rotatable bonds is 2. The molecule has 0 heterocycles. The number of nitrogens with zero attached hydrogens (tertiary/aromatic N) is 1. The predicted octanol–water partition coefficient (Wildman–Crippen LogP) is 3.56. The first kappa shape index (κ1) is 15.1. The monoisotopic (exact) mass is 387 g/mol. The Bertz CT molecular complexity index is 525. The summed E-state index contributed by atoms with van der Waals surface area (Å²) in [5.41, 5.74) is -5.03. The van der Waals surface area contributed by atoms with Crippen LogP contribution in [-0.2, 0) is 4.74 Å². The van der Waals surface area contributed by atoms with Crippen LogP contribution in [0.4, 0.5) is 13.2 Å². The van der Waals surface area contributed by atoms with E-state index in [-0.39, 0.29) is 11.1 Å². The third kappa shape index (κ3) is 3.52. The summed E-state index contributed by atoms with van der Waals surface area (Å²) in [4.78, 5) is 11.0. The van der Waals surface area contributed by atoms with Gasteiger partial charge in [-0.15, -0.1) is 0 Å². The van der Waals surface area contributed by atoms with Crippen molar-refractivity contribution < 1.29 is 22.7 Å². The highest BCUT2D eigenvalue weighted by molar-refractivity contribution is 14.1. The van der Waals surface area contributed by atoms with Crippen LogP contribution >= 0.6 is 34.4 Å². The Morgan fingerprint density at radius 3 is 2.56 bits per heavy atom. The summed E-state index contributed by atoms with van der Waals surface area (Å²) in [6.45, 7) is 0. The van der Waals surface area contributed by atoms with Crippen LogP contribution in [0.3, 0.4) is 0 Å². The molecule has 0 amide bonds. The van der Waals surface area contributed by atoms with Crippen LogP contribution in [0.1, 0.15) is 15.9 Å². The number of carbonyl (C=O) groups excluding carboxylic acids is 1. The van der Waals surface area contributed by atoms with Crippen molar-refractivity contribution >= 4 is 40.3 Å². The minimum Gasteiger partial charge on any atom is -0.465 e. The molecule has 1 rings (SSSR count). The zero-order chi connectivity index (χ0) is 13.9. The van der Waals surface area contributed by atoms with Crippen molar-refractivity contribution in [2.75, 3.05) is 7.11 Å². The Balaban J connectivity index is 3.45. The van der Waals surface area contributed by atoms with E-state index in [1.165, 1.54) is 12.1 Å². The van der Waals surface area contributed by atoms with E-state index in [0.29, 0.717) is 3.57 Å². The molecule has 0 radical (unpaired) electrons. The van der Waals surface area contributed by atoms with E-state index in [1.54, 1.807) is 28.7 Å². The number of esters is 1. The fourth-order valence-corrected chi connectivity index (χ4v) is 2.66. The Labute approximate surface area is 118 Å². The van der Waals surface area contributed by atoms with Crippen molar-refractivity contribution in [3.63, 3.8) is 0 Å². The molecule has 0 spiro atoms. The average Bonchev–Trinajstić information content (AvgIpc) is 2.26. The van der Waals surface area contributed by atoms with Gasteiger partial charge in [-0.2, -0.15) is 18.4 Å². The number of hydrogen-bond acceptors (Lipinski definition) is 4. The summed E-state index contributed by atoms with van der Waals surface area (Å²) in [7, 11) is 1.06. The smallest absolute Gasteiger partial charge is 0.446 e. The van der Waals surface area contributed by atoms with Gasteiger partial charge in [-0.3, -0.25) is 0 Å². The summed E-state index contributed by atoms with van der Waals surface area (Å²) in [6, 6.07) is 4.28. The normalized spacial score (nSPS) is 10.9. The zero-order valence-electron chi connectivity index (χ0n) is 8.84. The lowest BCUT2D eigenvalue weighted by atomic mass is 10.1. The van der Waals surface area contributed by atoms with E-state index in [9.17, 15) is 18.0 Å². The molecular weight excluding hydrogens is 382 g/mol. The molecule has 0 unspecified atom stereocenters. The summed E-state index contributed by atoms with van der Waals surface area (Å²) < 4.78 is 42.0. The van der Waals surface area contributed by atoms with Gasteiger partial charge in [0, 0.05) is 8.47 Å². The lowest BCUT2D eigenvalue weighted by Crippen LogP contribution is -2.09. The minimum atomic E-state index is -4.58. The number of ether oxygens (including phenoxy) is 1. The maximum absolute atomic E-state index is 12.4. The average molecular weight is 387 g/mol. The molecule has 0 saturated carbocycles. The molecule has 1 aromatic rings. The van der Waals surface area contributed by atoms with E-state index in [2.05, 4.69) is 4.74 Å². The molecule has 3 nitrogen and oxygen atoms in total. The highest BCUT2D eigenvalue weighted by Gasteiger charge is 2.33. The van der Waals surface area contributed by atoms with Gasteiger partial charge in [0.2, 0.25) is 0 Å². The van der Waals surface area contributed by atoms with Crippen molar-refractivity contribution in [3.8, 4) is 6.07 Å². The first-order valence-electron chi connectivity index (χ1n) is 4.36. The summed E-state index contributed by atoms with van der Waals surface area (Å²) in [5.74, 6) is -0.908. The van der Waals surface area contributed by atoms with Crippen LogP contribution in [0.25, 0.3) is 0 Å². The van der Waals surface area contributed by atoms with Gasteiger partial charge in [-0.05, 0) is 46.5 Å². The largest absolute Gasteiger partial charge is 0.465 e. The lowest BCUT2D eigenvalue weighted by Gasteiger charge is -2.12. The Morgan fingerprint density at radius 1 is 1.50 bits per heavy atom. The maximum Gasteiger partial charge on any atom is 0.446 e. The molecule has 0 fully saturated rings. The SMILES string of the molecule is COC(=O)c1ccc(I)c(C#N)c1SC(F)(F)F. The van der Waals surface area contributed by atoms with Crippen molar-refractivity contribution in [3.05, 3.63) is 26.8 Å². The van der Waals surface area contributed by atoms with Crippen LogP contribution in [0.15, 0.2) is 17.0 Å².